The summed E-state index contributed by atoms with van der Waals surface area (Å²) in [5.41, 5.74) is 1.38. The predicted molar refractivity (Wildman–Crippen MR) is 63.2 cm³/mol. The Morgan fingerprint density at radius 1 is 1.40 bits per heavy atom. The molecule has 80 valence electrons. The summed E-state index contributed by atoms with van der Waals surface area (Å²) in [7, 11) is 0. The normalized spacial score (nSPS) is 10.7. The third-order valence-electron chi connectivity index (χ3n) is 2.38. The molecular formula is C12H15NOS. The molecule has 2 nitrogen and oxygen atoms in total. The SMILES string of the molecule is Cc1ccsc1CNCCc1ccco1. The van der Waals surface area contributed by atoms with E-state index in [4.69, 9.17) is 4.42 Å². The Morgan fingerprint density at radius 3 is 3.00 bits per heavy atom. The molecule has 15 heavy (non-hydrogen) atoms. The van der Waals surface area contributed by atoms with E-state index in [2.05, 4.69) is 23.7 Å². The summed E-state index contributed by atoms with van der Waals surface area (Å²) in [6.07, 6.45) is 2.68. The second-order valence-corrected chi connectivity index (χ2v) is 4.53. The molecule has 2 aromatic heterocycles. The summed E-state index contributed by atoms with van der Waals surface area (Å²) in [4.78, 5) is 1.43. The molecule has 2 rings (SSSR count). The van der Waals surface area contributed by atoms with Crippen LogP contribution in [-0.2, 0) is 13.0 Å². The second kappa shape index (κ2) is 5.14. The summed E-state index contributed by atoms with van der Waals surface area (Å²) in [6.45, 7) is 4.08. The highest BCUT2D eigenvalue weighted by atomic mass is 32.1. The summed E-state index contributed by atoms with van der Waals surface area (Å²) in [6, 6.07) is 6.10. The fourth-order valence-corrected chi connectivity index (χ4v) is 2.33. The quantitative estimate of drug-likeness (QED) is 0.785. The Morgan fingerprint density at radius 2 is 2.33 bits per heavy atom. The molecule has 3 heteroatoms. The molecule has 0 fully saturated rings. The van der Waals surface area contributed by atoms with Gasteiger partial charge in [0.1, 0.15) is 5.76 Å². The van der Waals surface area contributed by atoms with Crippen molar-refractivity contribution in [3.8, 4) is 0 Å². The van der Waals surface area contributed by atoms with Crippen LogP contribution >= 0.6 is 11.3 Å². The lowest BCUT2D eigenvalue weighted by molar-refractivity contribution is 0.499. The van der Waals surface area contributed by atoms with Gasteiger partial charge in [-0.2, -0.15) is 0 Å². The minimum atomic E-state index is 0.956. The first-order chi connectivity index (χ1) is 7.36. The van der Waals surface area contributed by atoms with E-state index in [1.54, 1.807) is 6.26 Å². The van der Waals surface area contributed by atoms with Crippen molar-refractivity contribution >= 4 is 11.3 Å². The first-order valence-corrected chi connectivity index (χ1v) is 6.00. The molecule has 0 atom stereocenters. The smallest absolute Gasteiger partial charge is 0.105 e. The van der Waals surface area contributed by atoms with Crippen LogP contribution in [0.4, 0.5) is 0 Å². The van der Waals surface area contributed by atoms with Crippen LogP contribution in [0.1, 0.15) is 16.2 Å². The van der Waals surface area contributed by atoms with Gasteiger partial charge in [-0.05, 0) is 36.1 Å². The lowest BCUT2D eigenvalue weighted by Crippen LogP contribution is -2.16. The van der Waals surface area contributed by atoms with E-state index in [1.165, 1.54) is 10.4 Å². The Balaban J connectivity index is 1.70. The van der Waals surface area contributed by atoms with E-state index >= 15 is 0 Å². The molecule has 0 radical (unpaired) electrons. The van der Waals surface area contributed by atoms with Gasteiger partial charge in [-0.1, -0.05) is 0 Å². The third kappa shape index (κ3) is 2.94. The predicted octanol–water partition coefficient (Wildman–Crippen LogP) is 2.98. The lowest BCUT2D eigenvalue weighted by atomic mass is 10.3. The van der Waals surface area contributed by atoms with Crippen LogP contribution in [-0.4, -0.2) is 6.54 Å². The molecule has 0 saturated carbocycles. The average molecular weight is 221 g/mol. The molecule has 1 N–H and O–H groups in total. The van der Waals surface area contributed by atoms with Crippen molar-refractivity contribution in [2.75, 3.05) is 6.54 Å². The molecule has 0 aromatic carbocycles. The molecule has 0 spiro atoms. The monoisotopic (exact) mass is 221 g/mol. The summed E-state index contributed by atoms with van der Waals surface area (Å²) in [5.74, 6) is 1.05. The van der Waals surface area contributed by atoms with Gasteiger partial charge in [-0.15, -0.1) is 11.3 Å². The maximum Gasteiger partial charge on any atom is 0.105 e. The summed E-state index contributed by atoms with van der Waals surface area (Å²) < 4.78 is 5.26. The van der Waals surface area contributed by atoms with E-state index < -0.39 is 0 Å². The largest absolute Gasteiger partial charge is 0.469 e. The number of furan rings is 1. The zero-order valence-corrected chi connectivity index (χ0v) is 9.64. The standard InChI is InChI=1S/C12H15NOS/c1-10-5-8-15-12(10)9-13-6-4-11-3-2-7-14-11/h2-3,5,7-8,13H,4,6,9H2,1H3. The number of nitrogens with one attached hydrogen (secondary N) is 1. The van der Waals surface area contributed by atoms with Crippen LogP contribution in [0.3, 0.4) is 0 Å². The van der Waals surface area contributed by atoms with Crippen molar-refractivity contribution in [3.63, 3.8) is 0 Å². The highest BCUT2D eigenvalue weighted by Gasteiger charge is 1.99. The summed E-state index contributed by atoms with van der Waals surface area (Å²) in [5, 5.41) is 5.56. The number of aryl methyl sites for hydroxylation is 1. The van der Waals surface area contributed by atoms with Crippen molar-refractivity contribution in [1.82, 2.24) is 5.32 Å². The zero-order chi connectivity index (χ0) is 10.5. The third-order valence-corrected chi connectivity index (χ3v) is 3.40. The van der Waals surface area contributed by atoms with Crippen molar-refractivity contribution < 1.29 is 4.42 Å². The van der Waals surface area contributed by atoms with E-state index in [0.717, 1.165) is 25.3 Å². The van der Waals surface area contributed by atoms with Crippen LogP contribution in [0, 0.1) is 6.92 Å². The van der Waals surface area contributed by atoms with E-state index in [0.29, 0.717) is 0 Å². The van der Waals surface area contributed by atoms with Gasteiger partial charge in [0.15, 0.2) is 0 Å². The van der Waals surface area contributed by atoms with Crippen LogP contribution in [0.2, 0.25) is 0 Å². The van der Waals surface area contributed by atoms with Crippen LogP contribution in [0.15, 0.2) is 34.3 Å². The lowest BCUT2D eigenvalue weighted by Gasteiger charge is -2.02. The molecule has 0 bridgehead atoms. The Hall–Kier alpha value is -1.06. The van der Waals surface area contributed by atoms with E-state index in [1.807, 2.05) is 23.5 Å². The minimum absolute atomic E-state index is 0.956. The number of rotatable bonds is 5. The number of thiophene rings is 1. The second-order valence-electron chi connectivity index (χ2n) is 3.53. The molecule has 2 aromatic rings. The van der Waals surface area contributed by atoms with Gasteiger partial charge in [-0.25, -0.2) is 0 Å². The van der Waals surface area contributed by atoms with Gasteiger partial charge in [0, 0.05) is 24.4 Å². The molecule has 0 aliphatic rings. The maximum atomic E-state index is 5.26. The maximum absolute atomic E-state index is 5.26. The Bertz CT molecular complexity index is 391. The fourth-order valence-electron chi connectivity index (χ4n) is 1.45. The first-order valence-electron chi connectivity index (χ1n) is 5.12. The molecule has 2 heterocycles. The highest BCUT2D eigenvalue weighted by molar-refractivity contribution is 7.10. The Labute approximate surface area is 93.9 Å². The molecule has 0 aliphatic heterocycles. The van der Waals surface area contributed by atoms with Crippen molar-refractivity contribution in [3.05, 3.63) is 46.0 Å². The summed E-state index contributed by atoms with van der Waals surface area (Å²) >= 11 is 1.81. The number of hydrogen-bond acceptors (Lipinski definition) is 3. The molecule has 0 unspecified atom stereocenters. The van der Waals surface area contributed by atoms with Gasteiger partial charge < -0.3 is 9.73 Å². The van der Waals surface area contributed by atoms with Gasteiger partial charge in [0.2, 0.25) is 0 Å². The average Bonchev–Trinajstić information content (AvgIpc) is 2.85. The highest BCUT2D eigenvalue weighted by Crippen LogP contribution is 2.14. The van der Waals surface area contributed by atoms with Gasteiger partial charge in [0.05, 0.1) is 6.26 Å². The van der Waals surface area contributed by atoms with Crippen LogP contribution < -0.4 is 5.32 Å². The van der Waals surface area contributed by atoms with Crippen molar-refractivity contribution in [1.29, 1.82) is 0 Å². The van der Waals surface area contributed by atoms with E-state index in [-0.39, 0.29) is 0 Å². The van der Waals surface area contributed by atoms with Crippen molar-refractivity contribution in [2.45, 2.75) is 19.9 Å². The van der Waals surface area contributed by atoms with Crippen LogP contribution in [0.25, 0.3) is 0 Å². The van der Waals surface area contributed by atoms with E-state index in [9.17, 15) is 0 Å². The topological polar surface area (TPSA) is 25.2 Å². The first kappa shape index (κ1) is 10.5. The zero-order valence-electron chi connectivity index (χ0n) is 8.82. The fraction of sp³-hybridized carbons (Fsp3) is 0.333. The molecule has 0 saturated heterocycles. The minimum Gasteiger partial charge on any atom is -0.469 e. The molecule has 0 aliphatic carbocycles. The Kier molecular flexibility index (Phi) is 3.59. The molecular weight excluding hydrogens is 206 g/mol. The van der Waals surface area contributed by atoms with Gasteiger partial charge in [-0.3, -0.25) is 0 Å². The van der Waals surface area contributed by atoms with Gasteiger partial charge in [0.25, 0.3) is 0 Å². The van der Waals surface area contributed by atoms with Crippen molar-refractivity contribution in [2.24, 2.45) is 0 Å². The van der Waals surface area contributed by atoms with Crippen LogP contribution in [0.5, 0.6) is 0 Å². The molecule has 0 amide bonds. The van der Waals surface area contributed by atoms with Gasteiger partial charge >= 0.3 is 0 Å². The number of hydrogen-bond donors (Lipinski definition) is 1.